The van der Waals surface area contributed by atoms with Crippen LogP contribution in [0.3, 0.4) is 0 Å². The molecular weight excluding hydrogens is 420 g/mol. The largest absolute Gasteiger partial charge is 0.291 e. The number of non-ortho nitro benzene ring substituents is 1. The van der Waals surface area contributed by atoms with E-state index in [4.69, 9.17) is 0 Å². The zero-order chi connectivity index (χ0) is 18.3. The lowest BCUT2D eigenvalue weighted by Crippen LogP contribution is -2.23. The predicted octanol–water partition coefficient (Wildman–Crippen LogP) is 3.04. The first-order chi connectivity index (χ1) is 12.5. The van der Waals surface area contributed by atoms with Crippen LogP contribution in [0.4, 0.5) is 5.69 Å². The van der Waals surface area contributed by atoms with E-state index < -0.39 is 4.92 Å². The summed E-state index contributed by atoms with van der Waals surface area (Å²) in [5.74, 6) is 0.475. The Bertz CT molecular complexity index is 1250. The Kier molecular flexibility index (Phi) is 4.09. The molecule has 2 heterocycles. The molecular formula is C17H9BrN4O3S. The van der Waals surface area contributed by atoms with Gasteiger partial charge in [-0.3, -0.25) is 14.9 Å². The number of benzene rings is 2. The minimum atomic E-state index is -0.470. The van der Waals surface area contributed by atoms with Gasteiger partial charge in [-0.2, -0.15) is 9.50 Å². The Morgan fingerprint density at radius 1 is 1.19 bits per heavy atom. The molecule has 0 aliphatic carbocycles. The van der Waals surface area contributed by atoms with Crippen molar-refractivity contribution in [2.24, 2.45) is 0 Å². The van der Waals surface area contributed by atoms with Crippen molar-refractivity contribution in [1.29, 1.82) is 0 Å². The summed E-state index contributed by atoms with van der Waals surface area (Å²) in [6, 6.07) is 13.6. The molecule has 0 aliphatic heterocycles. The minimum absolute atomic E-state index is 0.0248. The SMILES string of the molecule is O=c1c(=Cc2cccc([N+](=O)[O-])c2)sc2nc(-c3ccc(Br)cc3)nn12. The molecule has 7 nitrogen and oxygen atoms in total. The van der Waals surface area contributed by atoms with Crippen LogP contribution in [0.15, 0.2) is 57.8 Å². The number of hydrogen-bond donors (Lipinski definition) is 0. The van der Waals surface area contributed by atoms with Crippen molar-refractivity contribution >= 4 is 44.0 Å². The van der Waals surface area contributed by atoms with Crippen molar-refractivity contribution in [3.63, 3.8) is 0 Å². The van der Waals surface area contributed by atoms with E-state index in [9.17, 15) is 14.9 Å². The maximum absolute atomic E-state index is 12.5. The van der Waals surface area contributed by atoms with Gasteiger partial charge in [0, 0.05) is 22.2 Å². The Morgan fingerprint density at radius 2 is 1.96 bits per heavy atom. The van der Waals surface area contributed by atoms with E-state index in [1.807, 2.05) is 24.3 Å². The average Bonchev–Trinajstić information content (AvgIpc) is 3.16. The molecule has 4 rings (SSSR count). The van der Waals surface area contributed by atoms with Crippen LogP contribution in [-0.2, 0) is 0 Å². The van der Waals surface area contributed by atoms with Gasteiger partial charge in [-0.25, -0.2) is 0 Å². The summed E-state index contributed by atoms with van der Waals surface area (Å²) < 4.78 is 2.62. The molecule has 0 N–H and O–H groups in total. The number of hydrogen-bond acceptors (Lipinski definition) is 6. The molecule has 0 amide bonds. The van der Waals surface area contributed by atoms with E-state index in [0.717, 1.165) is 10.0 Å². The summed E-state index contributed by atoms with van der Waals surface area (Å²) >= 11 is 4.57. The summed E-state index contributed by atoms with van der Waals surface area (Å²) in [4.78, 5) is 27.8. The van der Waals surface area contributed by atoms with Crippen LogP contribution in [0.5, 0.6) is 0 Å². The maximum Gasteiger partial charge on any atom is 0.291 e. The summed E-state index contributed by atoms with van der Waals surface area (Å²) in [5, 5.41) is 15.2. The Labute approximate surface area is 158 Å². The van der Waals surface area contributed by atoms with Gasteiger partial charge < -0.3 is 0 Å². The monoisotopic (exact) mass is 428 g/mol. The van der Waals surface area contributed by atoms with Crippen molar-refractivity contribution < 1.29 is 4.92 Å². The molecule has 2 aromatic heterocycles. The van der Waals surface area contributed by atoms with E-state index >= 15 is 0 Å². The second kappa shape index (κ2) is 6.43. The molecule has 0 bridgehead atoms. The molecule has 26 heavy (non-hydrogen) atoms. The fourth-order valence-corrected chi connectivity index (χ4v) is 3.61. The van der Waals surface area contributed by atoms with Crippen LogP contribution in [0.25, 0.3) is 22.4 Å². The van der Waals surface area contributed by atoms with Gasteiger partial charge in [-0.05, 0) is 23.8 Å². The molecule has 0 spiro atoms. The topological polar surface area (TPSA) is 90.4 Å². The van der Waals surface area contributed by atoms with Crippen molar-refractivity contribution in [3.8, 4) is 11.4 Å². The van der Waals surface area contributed by atoms with Crippen molar-refractivity contribution in [2.75, 3.05) is 0 Å². The third-order valence-corrected chi connectivity index (χ3v) is 5.15. The van der Waals surface area contributed by atoms with Gasteiger partial charge in [0.25, 0.3) is 11.2 Å². The summed E-state index contributed by atoms with van der Waals surface area (Å²) in [7, 11) is 0. The molecule has 0 unspecified atom stereocenters. The Balaban J connectivity index is 1.78. The van der Waals surface area contributed by atoms with Crippen LogP contribution in [0.1, 0.15) is 5.56 Å². The van der Waals surface area contributed by atoms with Crippen LogP contribution in [0.2, 0.25) is 0 Å². The van der Waals surface area contributed by atoms with Crippen molar-refractivity contribution in [1.82, 2.24) is 14.6 Å². The van der Waals surface area contributed by atoms with E-state index in [1.54, 1.807) is 18.2 Å². The van der Waals surface area contributed by atoms with Gasteiger partial charge in [0.15, 0.2) is 5.82 Å². The molecule has 0 saturated heterocycles. The molecule has 0 atom stereocenters. The van der Waals surface area contributed by atoms with Crippen LogP contribution >= 0.6 is 27.3 Å². The summed E-state index contributed by atoms with van der Waals surface area (Å²) in [6.45, 7) is 0. The first-order valence-electron chi connectivity index (χ1n) is 7.43. The van der Waals surface area contributed by atoms with Gasteiger partial charge in [0.1, 0.15) is 0 Å². The third kappa shape index (κ3) is 3.02. The van der Waals surface area contributed by atoms with Gasteiger partial charge in [-0.1, -0.05) is 51.5 Å². The van der Waals surface area contributed by atoms with Crippen LogP contribution in [-0.4, -0.2) is 19.5 Å². The number of rotatable bonds is 3. The van der Waals surface area contributed by atoms with Crippen molar-refractivity contribution in [2.45, 2.75) is 0 Å². The average molecular weight is 429 g/mol. The number of fused-ring (bicyclic) bond motifs is 1. The predicted molar refractivity (Wildman–Crippen MR) is 102 cm³/mol. The maximum atomic E-state index is 12.5. The zero-order valence-corrected chi connectivity index (χ0v) is 15.4. The van der Waals surface area contributed by atoms with Gasteiger partial charge in [0.05, 0.1) is 9.46 Å². The Morgan fingerprint density at radius 3 is 2.65 bits per heavy atom. The van der Waals surface area contributed by atoms with Gasteiger partial charge in [-0.15, -0.1) is 5.10 Å². The highest BCUT2D eigenvalue weighted by atomic mass is 79.9. The fourth-order valence-electron chi connectivity index (χ4n) is 2.43. The molecule has 0 saturated carbocycles. The van der Waals surface area contributed by atoms with E-state index in [1.165, 1.54) is 28.0 Å². The lowest BCUT2D eigenvalue weighted by molar-refractivity contribution is -0.384. The molecule has 2 aromatic carbocycles. The number of nitro benzene ring substituents is 1. The number of aromatic nitrogens is 3. The van der Waals surface area contributed by atoms with Gasteiger partial charge >= 0.3 is 0 Å². The minimum Gasteiger partial charge on any atom is -0.266 e. The second-order valence-electron chi connectivity index (χ2n) is 5.40. The highest BCUT2D eigenvalue weighted by Crippen LogP contribution is 2.19. The first kappa shape index (κ1) is 16.6. The highest BCUT2D eigenvalue weighted by molar-refractivity contribution is 9.10. The second-order valence-corrected chi connectivity index (χ2v) is 7.33. The van der Waals surface area contributed by atoms with Gasteiger partial charge in [0.2, 0.25) is 4.96 Å². The molecule has 4 aromatic rings. The smallest absolute Gasteiger partial charge is 0.266 e. The normalized spacial score (nSPS) is 12.0. The highest BCUT2D eigenvalue weighted by Gasteiger charge is 2.12. The number of thiazole rings is 1. The molecule has 0 radical (unpaired) electrons. The van der Waals surface area contributed by atoms with E-state index in [-0.39, 0.29) is 11.2 Å². The third-order valence-electron chi connectivity index (χ3n) is 3.66. The number of halogens is 1. The zero-order valence-electron chi connectivity index (χ0n) is 13.0. The molecule has 0 aliphatic rings. The lowest BCUT2D eigenvalue weighted by Gasteiger charge is -1.94. The van der Waals surface area contributed by atoms with Crippen molar-refractivity contribution in [3.05, 3.63) is 83.6 Å². The number of nitro groups is 1. The summed E-state index contributed by atoms with van der Waals surface area (Å²) in [5.41, 5.74) is 1.07. The van der Waals surface area contributed by atoms with Crippen LogP contribution < -0.4 is 10.1 Å². The molecule has 0 fully saturated rings. The molecule has 9 heteroatoms. The standard InChI is InChI=1S/C17H9BrN4O3S/c18-12-6-4-11(5-7-12)15-19-17-21(20-15)16(23)14(26-17)9-10-2-1-3-13(8-10)22(24)25/h1-9H. The first-order valence-corrected chi connectivity index (χ1v) is 9.04. The lowest BCUT2D eigenvalue weighted by atomic mass is 10.2. The Hall–Kier alpha value is -2.91. The number of nitrogens with zero attached hydrogens (tertiary/aromatic N) is 4. The van der Waals surface area contributed by atoms with E-state index in [0.29, 0.717) is 20.9 Å². The quantitative estimate of drug-likeness (QED) is 0.369. The summed E-state index contributed by atoms with van der Waals surface area (Å²) in [6.07, 6.45) is 1.61. The molecule has 128 valence electrons. The van der Waals surface area contributed by atoms with Crippen LogP contribution in [0, 0.1) is 10.1 Å². The fraction of sp³-hybridized carbons (Fsp3) is 0. The van der Waals surface area contributed by atoms with E-state index in [2.05, 4.69) is 26.0 Å².